The maximum atomic E-state index is 13.6. The Bertz CT molecular complexity index is 582. The largest absolute Gasteiger partial charge is 0.393 e. The van der Waals surface area contributed by atoms with Crippen LogP contribution in [0.1, 0.15) is 11.1 Å². The molecule has 2 N–H and O–H groups in total. The van der Waals surface area contributed by atoms with Crippen molar-refractivity contribution in [2.75, 3.05) is 26.3 Å². The van der Waals surface area contributed by atoms with Crippen molar-refractivity contribution >= 4 is 0 Å². The summed E-state index contributed by atoms with van der Waals surface area (Å²) in [5.41, 5.74) is 2.07. The number of aliphatic hydroxyl groups is 2. The third-order valence-corrected chi connectivity index (χ3v) is 3.79. The lowest BCUT2D eigenvalue weighted by Crippen LogP contribution is -2.39. The molecular weight excluding hydrogens is 321 g/mol. The van der Waals surface area contributed by atoms with E-state index < -0.39 is 18.9 Å². The summed E-state index contributed by atoms with van der Waals surface area (Å²) in [6.45, 7) is 0.948. The lowest BCUT2D eigenvalue weighted by molar-refractivity contribution is 0.00253. The minimum absolute atomic E-state index is 0.0706. The third-order valence-electron chi connectivity index (χ3n) is 3.79. The van der Waals surface area contributed by atoms with Gasteiger partial charge in [-0.2, -0.15) is 0 Å². The highest BCUT2D eigenvalue weighted by molar-refractivity contribution is 5.14. The fourth-order valence-electron chi connectivity index (χ4n) is 2.62. The summed E-state index contributed by atoms with van der Waals surface area (Å²) in [6, 6.07) is 19.4. The van der Waals surface area contributed by atoms with E-state index in [1.165, 1.54) is 0 Å². The van der Waals surface area contributed by atoms with Crippen LogP contribution in [0.2, 0.25) is 0 Å². The van der Waals surface area contributed by atoms with Crippen LogP contribution < -0.4 is 0 Å². The molecule has 5 heteroatoms. The van der Waals surface area contributed by atoms with Crippen molar-refractivity contribution in [3.8, 4) is 0 Å². The molecule has 0 amide bonds. The predicted octanol–water partition coefficient (Wildman–Crippen LogP) is 2.40. The molecule has 0 spiro atoms. The zero-order chi connectivity index (χ0) is 17.9. The first-order chi connectivity index (χ1) is 12.2. The number of benzene rings is 2. The van der Waals surface area contributed by atoms with E-state index in [0.29, 0.717) is 13.2 Å². The Hall–Kier alpha value is -1.79. The van der Waals surface area contributed by atoms with Crippen molar-refractivity contribution in [1.82, 2.24) is 4.90 Å². The summed E-state index contributed by atoms with van der Waals surface area (Å²) in [7, 11) is 0. The van der Waals surface area contributed by atoms with Gasteiger partial charge in [0.1, 0.15) is 6.17 Å². The molecule has 2 aromatic carbocycles. The van der Waals surface area contributed by atoms with E-state index in [-0.39, 0.29) is 19.7 Å². The number of hydrogen-bond acceptors (Lipinski definition) is 4. The molecule has 0 aliphatic heterocycles. The molecule has 0 aliphatic carbocycles. The lowest BCUT2D eigenvalue weighted by Gasteiger charge is -2.26. The molecule has 136 valence electrons. The van der Waals surface area contributed by atoms with Crippen LogP contribution >= 0.6 is 0 Å². The van der Waals surface area contributed by atoms with Gasteiger partial charge in [-0.25, -0.2) is 4.39 Å². The van der Waals surface area contributed by atoms with Crippen molar-refractivity contribution in [3.63, 3.8) is 0 Å². The summed E-state index contributed by atoms with van der Waals surface area (Å²) in [5.74, 6) is 0. The van der Waals surface area contributed by atoms with Gasteiger partial charge >= 0.3 is 0 Å². The number of nitrogens with zero attached hydrogens (tertiary/aromatic N) is 1. The number of alkyl halides is 1. The van der Waals surface area contributed by atoms with Crippen LogP contribution in [-0.2, 0) is 17.9 Å². The van der Waals surface area contributed by atoms with Gasteiger partial charge in [0.25, 0.3) is 0 Å². The predicted molar refractivity (Wildman–Crippen MR) is 95.8 cm³/mol. The summed E-state index contributed by atoms with van der Waals surface area (Å²) in [6.07, 6.45) is -2.06. The van der Waals surface area contributed by atoms with E-state index in [1.807, 2.05) is 60.7 Å². The van der Waals surface area contributed by atoms with E-state index in [0.717, 1.165) is 11.1 Å². The van der Waals surface area contributed by atoms with Gasteiger partial charge in [0, 0.05) is 19.6 Å². The number of aliphatic hydroxyl groups excluding tert-OH is 2. The van der Waals surface area contributed by atoms with Gasteiger partial charge in [-0.3, -0.25) is 4.90 Å². The monoisotopic (exact) mass is 347 g/mol. The van der Waals surface area contributed by atoms with Gasteiger partial charge in [0.05, 0.1) is 25.9 Å². The summed E-state index contributed by atoms with van der Waals surface area (Å²) in [5, 5.41) is 19.2. The highest BCUT2D eigenvalue weighted by Gasteiger charge is 2.17. The van der Waals surface area contributed by atoms with Crippen LogP contribution in [-0.4, -0.2) is 53.7 Å². The third kappa shape index (κ3) is 7.75. The average molecular weight is 347 g/mol. The first-order valence-electron chi connectivity index (χ1n) is 8.48. The van der Waals surface area contributed by atoms with Gasteiger partial charge < -0.3 is 14.9 Å². The normalized spacial score (nSPS) is 13.8. The number of hydrogen-bond donors (Lipinski definition) is 2. The highest BCUT2D eigenvalue weighted by Crippen LogP contribution is 2.08. The Morgan fingerprint density at radius 1 is 0.920 bits per heavy atom. The molecule has 2 rings (SSSR count). The van der Waals surface area contributed by atoms with Crippen molar-refractivity contribution in [2.24, 2.45) is 0 Å². The van der Waals surface area contributed by atoms with Crippen molar-refractivity contribution in [3.05, 3.63) is 71.8 Å². The maximum Gasteiger partial charge on any atom is 0.136 e. The topological polar surface area (TPSA) is 52.9 Å². The molecule has 0 saturated heterocycles. The molecule has 25 heavy (non-hydrogen) atoms. The van der Waals surface area contributed by atoms with Gasteiger partial charge in [-0.1, -0.05) is 60.7 Å². The maximum absolute atomic E-state index is 13.6. The molecular formula is C20H26FNO3. The van der Waals surface area contributed by atoms with Crippen molar-refractivity contribution < 1.29 is 19.3 Å². The molecule has 0 bridgehead atoms. The molecule has 0 aromatic heterocycles. The van der Waals surface area contributed by atoms with Crippen LogP contribution in [0, 0.1) is 0 Å². The Balaban J connectivity index is 1.82. The highest BCUT2D eigenvalue weighted by atomic mass is 19.1. The minimum Gasteiger partial charge on any atom is -0.393 e. The Morgan fingerprint density at radius 2 is 1.52 bits per heavy atom. The molecule has 0 aliphatic rings. The Kier molecular flexibility index (Phi) is 8.55. The van der Waals surface area contributed by atoms with Gasteiger partial charge in [-0.05, 0) is 11.1 Å². The Labute approximate surface area is 148 Å². The number of rotatable bonds is 11. The van der Waals surface area contributed by atoms with Gasteiger partial charge in [-0.15, -0.1) is 0 Å². The summed E-state index contributed by atoms with van der Waals surface area (Å²) >= 11 is 0. The molecule has 4 nitrogen and oxygen atoms in total. The molecule has 0 saturated carbocycles. The molecule has 2 aromatic rings. The second kappa shape index (κ2) is 10.9. The summed E-state index contributed by atoms with van der Waals surface area (Å²) < 4.78 is 19.1. The average Bonchev–Trinajstić information content (AvgIpc) is 2.63. The van der Waals surface area contributed by atoms with E-state index >= 15 is 0 Å². The molecule has 0 unspecified atom stereocenters. The zero-order valence-electron chi connectivity index (χ0n) is 14.3. The minimum atomic E-state index is -1.33. The second-order valence-corrected chi connectivity index (χ2v) is 6.11. The van der Waals surface area contributed by atoms with E-state index in [2.05, 4.69) is 0 Å². The lowest BCUT2D eigenvalue weighted by atomic mass is 10.2. The van der Waals surface area contributed by atoms with Crippen LogP contribution in [0.5, 0.6) is 0 Å². The van der Waals surface area contributed by atoms with Crippen LogP contribution in [0.3, 0.4) is 0 Å². The Morgan fingerprint density at radius 3 is 2.12 bits per heavy atom. The quantitative estimate of drug-likeness (QED) is 0.655. The van der Waals surface area contributed by atoms with Crippen LogP contribution in [0.15, 0.2) is 60.7 Å². The summed E-state index contributed by atoms with van der Waals surface area (Å²) in [4.78, 5) is 1.80. The smallest absolute Gasteiger partial charge is 0.136 e. The zero-order valence-corrected chi connectivity index (χ0v) is 14.3. The fraction of sp³-hybridized carbons (Fsp3) is 0.400. The van der Waals surface area contributed by atoms with E-state index in [1.54, 1.807) is 4.90 Å². The van der Waals surface area contributed by atoms with E-state index in [9.17, 15) is 9.50 Å². The standard InChI is InChI=1S/C20H26FNO3/c21-19(14-23)12-22(11-17-7-3-1-4-8-17)13-20(24)16-25-15-18-9-5-2-6-10-18/h1-10,19-20,23-24H,11-16H2/t19-,20-/m0/s1. The molecule has 2 atom stereocenters. The first kappa shape index (κ1) is 19.5. The molecule has 0 heterocycles. The van der Waals surface area contributed by atoms with Gasteiger partial charge in [0.15, 0.2) is 0 Å². The van der Waals surface area contributed by atoms with Crippen LogP contribution in [0.4, 0.5) is 4.39 Å². The van der Waals surface area contributed by atoms with Gasteiger partial charge in [0.2, 0.25) is 0 Å². The van der Waals surface area contributed by atoms with Crippen molar-refractivity contribution in [2.45, 2.75) is 25.4 Å². The SMILES string of the molecule is OC[C@@H](F)CN(Cc1ccccc1)C[C@H](O)COCc1ccccc1. The van der Waals surface area contributed by atoms with Crippen LogP contribution in [0.25, 0.3) is 0 Å². The van der Waals surface area contributed by atoms with Crippen molar-refractivity contribution in [1.29, 1.82) is 0 Å². The molecule has 0 fully saturated rings. The second-order valence-electron chi connectivity index (χ2n) is 6.11. The fourth-order valence-corrected chi connectivity index (χ4v) is 2.62. The molecule has 0 radical (unpaired) electrons. The first-order valence-corrected chi connectivity index (χ1v) is 8.48. The van der Waals surface area contributed by atoms with E-state index in [4.69, 9.17) is 9.84 Å². The number of halogens is 1. The number of ether oxygens (including phenoxy) is 1.